The zero-order chi connectivity index (χ0) is 15.1. The van der Waals surface area contributed by atoms with Gasteiger partial charge in [0.1, 0.15) is 0 Å². The van der Waals surface area contributed by atoms with E-state index in [-0.39, 0.29) is 5.91 Å². The summed E-state index contributed by atoms with van der Waals surface area (Å²) in [5, 5.41) is 6.82. The summed E-state index contributed by atoms with van der Waals surface area (Å²) in [7, 11) is 0. The average Bonchev–Trinajstić information content (AvgIpc) is 2.67. The van der Waals surface area contributed by atoms with E-state index < -0.39 is 5.97 Å². The fraction of sp³-hybridized carbons (Fsp3) is 0.462. The van der Waals surface area contributed by atoms with Crippen molar-refractivity contribution in [3.63, 3.8) is 0 Å². The molecule has 0 saturated heterocycles. The highest BCUT2D eigenvalue weighted by atomic mass is 127. The van der Waals surface area contributed by atoms with Crippen molar-refractivity contribution in [1.82, 2.24) is 15.1 Å². The van der Waals surface area contributed by atoms with Gasteiger partial charge in [0.2, 0.25) is 5.91 Å². The number of esters is 1. The van der Waals surface area contributed by atoms with Crippen LogP contribution < -0.4 is 5.32 Å². The second-order valence-corrected chi connectivity index (χ2v) is 5.34. The molecule has 0 saturated carbocycles. The molecule has 1 aromatic heterocycles. The molecule has 0 radical (unpaired) electrons. The third-order valence-electron chi connectivity index (χ3n) is 2.55. The highest BCUT2D eigenvalue weighted by Crippen LogP contribution is 2.09. The molecule has 7 heteroatoms. The maximum Gasteiger partial charge on any atom is 0.332 e. The third-order valence-corrected chi connectivity index (χ3v) is 3.61. The van der Waals surface area contributed by atoms with Gasteiger partial charge in [0.15, 0.2) is 0 Å². The van der Waals surface area contributed by atoms with E-state index >= 15 is 0 Å². The second-order valence-electron chi connectivity index (χ2n) is 4.18. The molecule has 110 valence electrons. The minimum Gasteiger partial charge on any atom is -0.463 e. The van der Waals surface area contributed by atoms with Crippen LogP contribution in [-0.2, 0) is 20.9 Å². The molecule has 6 nitrogen and oxygen atoms in total. The summed E-state index contributed by atoms with van der Waals surface area (Å²) in [5.74, 6) is -0.615. The van der Waals surface area contributed by atoms with Gasteiger partial charge in [0, 0.05) is 23.9 Å². The Labute approximate surface area is 131 Å². The Kier molecular flexibility index (Phi) is 6.69. The fourth-order valence-corrected chi connectivity index (χ4v) is 1.94. The summed E-state index contributed by atoms with van der Waals surface area (Å²) in [6.07, 6.45) is 3.33. The Bertz CT molecular complexity index is 523. The van der Waals surface area contributed by atoms with Gasteiger partial charge >= 0.3 is 5.97 Å². The van der Waals surface area contributed by atoms with E-state index in [9.17, 15) is 9.59 Å². The molecule has 0 fully saturated rings. The van der Waals surface area contributed by atoms with Crippen LogP contribution in [-0.4, -0.2) is 28.3 Å². The Balaban J connectivity index is 2.44. The lowest BCUT2D eigenvalue weighted by atomic mass is 10.3. The summed E-state index contributed by atoms with van der Waals surface area (Å²) in [6, 6.07) is 0. The predicted molar refractivity (Wildman–Crippen MR) is 82.8 cm³/mol. The van der Waals surface area contributed by atoms with Crippen molar-refractivity contribution >= 4 is 34.5 Å². The Morgan fingerprint density at radius 2 is 2.25 bits per heavy atom. The maximum absolute atomic E-state index is 11.7. The van der Waals surface area contributed by atoms with Crippen LogP contribution >= 0.6 is 22.6 Å². The van der Waals surface area contributed by atoms with Gasteiger partial charge in [-0.05, 0) is 43.4 Å². The molecule has 0 atom stereocenters. The summed E-state index contributed by atoms with van der Waals surface area (Å²) in [6.45, 7) is 6.16. The summed E-state index contributed by atoms with van der Waals surface area (Å²) in [5.41, 5.74) is 1.51. The molecule has 0 aliphatic carbocycles. The van der Waals surface area contributed by atoms with Crippen molar-refractivity contribution in [1.29, 1.82) is 0 Å². The zero-order valence-electron chi connectivity index (χ0n) is 11.8. The van der Waals surface area contributed by atoms with Crippen molar-refractivity contribution in [3.8, 4) is 0 Å². The number of carbonyl (C=O) groups excluding carboxylic acids is 2. The lowest BCUT2D eigenvalue weighted by Crippen LogP contribution is -2.23. The first-order valence-electron chi connectivity index (χ1n) is 6.26. The SMILES string of the molecule is CCOC(=O)/C=C(\C)NC(=O)CCn1ncc(I)c1C. The molecule has 0 aromatic carbocycles. The molecule has 0 bridgehead atoms. The smallest absolute Gasteiger partial charge is 0.332 e. The number of ether oxygens (including phenoxy) is 1. The van der Waals surface area contributed by atoms with Crippen LogP contribution in [0.2, 0.25) is 0 Å². The number of aryl methyl sites for hydroxylation is 1. The van der Waals surface area contributed by atoms with E-state index in [0.29, 0.717) is 25.3 Å². The highest BCUT2D eigenvalue weighted by molar-refractivity contribution is 14.1. The number of hydrogen-bond donors (Lipinski definition) is 1. The largest absolute Gasteiger partial charge is 0.463 e. The number of nitrogens with one attached hydrogen (secondary N) is 1. The van der Waals surface area contributed by atoms with Crippen LogP contribution in [0.15, 0.2) is 18.0 Å². The van der Waals surface area contributed by atoms with E-state index in [0.717, 1.165) is 9.26 Å². The standard InChI is InChI=1S/C13H18IN3O3/c1-4-20-13(19)7-9(2)16-12(18)5-6-17-10(3)11(14)8-15-17/h7-8H,4-6H2,1-3H3,(H,16,18)/b9-7+. The first kappa shape index (κ1) is 16.7. The van der Waals surface area contributed by atoms with Gasteiger partial charge in [-0.3, -0.25) is 9.48 Å². The second kappa shape index (κ2) is 8.03. The first-order valence-corrected chi connectivity index (χ1v) is 7.34. The van der Waals surface area contributed by atoms with E-state index in [1.54, 1.807) is 24.7 Å². The van der Waals surface area contributed by atoms with E-state index in [2.05, 4.69) is 33.0 Å². The Morgan fingerprint density at radius 1 is 1.55 bits per heavy atom. The van der Waals surface area contributed by atoms with E-state index in [4.69, 9.17) is 4.74 Å². The minimum atomic E-state index is -0.456. The van der Waals surface area contributed by atoms with Crippen molar-refractivity contribution in [3.05, 3.63) is 27.2 Å². The molecule has 1 amide bonds. The van der Waals surface area contributed by atoms with E-state index in [1.165, 1.54) is 6.08 Å². The molecular weight excluding hydrogens is 373 g/mol. The van der Waals surface area contributed by atoms with Crippen molar-refractivity contribution < 1.29 is 14.3 Å². The zero-order valence-corrected chi connectivity index (χ0v) is 13.9. The van der Waals surface area contributed by atoms with Crippen molar-refractivity contribution in [2.75, 3.05) is 6.61 Å². The number of hydrogen-bond acceptors (Lipinski definition) is 4. The van der Waals surface area contributed by atoms with Gasteiger partial charge in [-0.2, -0.15) is 5.10 Å². The number of aromatic nitrogens is 2. The van der Waals surface area contributed by atoms with Crippen molar-refractivity contribution in [2.24, 2.45) is 0 Å². The normalized spacial score (nSPS) is 11.3. The van der Waals surface area contributed by atoms with Crippen LogP contribution in [0, 0.1) is 10.5 Å². The number of amides is 1. The molecule has 1 heterocycles. The minimum absolute atomic E-state index is 0.159. The van der Waals surface area contributed by atoms with Crippen LogP contribution in [0.4, 0.5) is 0 Å². The summed E-state index contributed by atoms with van der Waals surface area (Å²) in [4.78, 5) is 22.9. The molecule has 1 aromatic rings. The first-order chi connectivity index (χ1) is 9.43. The van der Waals surface area contributed by atoms with Crippen LogP contribution in [0.25, 0.3) is 0 Å². The van der Waals surface area contributed by atoms with Gasteiger partial charge in [-0.1, -0.05) is 0 Å². The lowest BCUT2D eigenvalue weighted by Gasteiger charge is -2.07. The lowest BCUT2D eigenvalue weighted by molar-refractivity contribution is -0.137. The Morgan fingerprint density at radius 3 is 2.80 bits per heavy atom. The number of nitrogens with zero attached hydrogens (tertiary/aromatic N) is 2. The number of allylic oxidation sites excluding steroid dienone is 1. The average molecular weight is 391 g/mol. The van der Waals surface area contributed by atoms with Crippen LogP contribution in [0.3, 0.4) is 0 Å². The van der Waals surface area contributed by atoms with Gasteiger partial charge in [-0.25, -0.2) is 4.79 Å². The molecule has 0 unspecified atom stereocenters. The van der Waals surface area contributed by atoms with Gasteiger partial charge in [-0.15, -0.1) is 0 Å². The predicted octanol–water partition coefficient (Wildman–Crippen LogP) is 1.77. The maximum atomic E-state index is 11.7. The fourth-order valence-electron chi connectivity index (χ4n) is 1.54. The molecule has 0 spiro atoms. The van der Waals surface area contributed by atoms with Gasteiger partial charge in [0.25, 0.3) is 0 Å². The third kappa shape index (κ3) is 5.32. The number of rotatable bonds is 6. The monoisotopic (exact) mass is 391 g/mol. The molecule has 0 aliphatic rings. The van der Waals surface area contributed by atoms with Crippen molar-refractivity contribution in [2.45, 2.75) is 33.7 Å². The molecule has 1 rings (SSSR count). The quantitative estimate of drug-likeness (QED) is 0.456. The summed E-state index contributed by atoms with van der Waals surface area (Å²) >= 11 is 2.20. The molecular formula is C13H18IN3O3. The van der Waals surface area contributed by atoms with Crippen LogP contribution in [0.1, 0.15) is 26.0 Å². The topological polar surface area (TPSA) is 73.2 Å². The molecule has 1 N–H and O–H groups in total. The molecule has 0 aliphatic heterocycles. The number of halogens is 1. The number of carbonyl (C=O) groups is 2. The van der Waals surface area contributed by atoms with Gasteiger partial charge < -0.3 is 10.1 Å². The van der Waals surface area contributed by atoms with Gasteiger partial charge in [0.05, 0.1) is 22.9 Å². The van der Waals surface area contributed by atoms with Crippen LogP contribution in [0.5, 0.6) is 0 Å². The summed E-state index contributed by atoms with van der Waals surface area (Å²) < 4.78 is 7.61. The molecule has 20 heavy (non-hydrogen) atoms. The Hall–Kier alpha value is -1.38. The van der Waals surface area contributed by atoms with E-state index in [1.807, 2.05) is 6.92 Å². The highest BCUT2D eigenvalue weighted by Gasteiger charge is 2.07.